The van der Waals surface area contributed by atoms with E-state index in [2.05, 4.69) is 5.32 Å². The normalized spacial score (nSPS) is 12.1. The summed E-state index contributed by atoms with van der Waals surface area (Å²) in [6, 6.07) is 27.8. The Bertz CT molecular complexity index is 939. The van der Waals surface area contributed by atoms with E-state index in [1.165, 1.54) is 0 Å². The number of amides is 1. The molecule has 1 unspecified atom stereocenters. The summed E-state index contributed by atoms with van der Waals surface area (Å²) in [7, 11) is 0. The van der Waals surface area contributed by atoms with Crippen LogP contribution in [0.4, 0.5) is 4.79 Å². The molecule has 0 spiro atoms. The smallest absolute Gasteiger partial charge is 0.408 e. The summed E-state index contributed by atoms with van der Waals surface area (Å²) in [5.41, 5.74) is 1.47. The number of rotatable bonds is 7. The Kier molecular flexibility index (Phi) is 7.41. The Labute approximate surface area is 182 Å². The van der Waals surface area contributed by atoms with Crippen molar-refractivity contribution in [3.05, 3.63) is 96.1 Å². The minimum absolute atomic E-state index is 0.317. The monoisotopic (exact) mass is 421 g/mol. The van der Waals surface area contributed by atoms with E-state index in [-0.39, 0.29) is 5.37 Å². The Balaban J connectivity index is 1.76. The van der Waals surface area contributed by atoms with Gasteiger partial charge in [0, 0.05) is 4.90 Å². The van der Waals surface area contributed by atoms with Gasteiger partial charge in [0.05, 0.1) is 0 Å². The summed E-state index contributed by atoms with van der Waals surface area (Å²) in [4.78, 5) is 13.5. The molecule has 0 bridgehead atoms. The number of alkyl carbamates (subject to hydrolysis) is 1. The Hall–Kier alpha value is -2.92. The van der Waals surface area contributed by atoms with Crippen LogP contribution in [0.25, 0.3) is 0 Å². The van der Waals surface area contributed by atoms with E-state index in [0.29, 0.717) is 6.61 Å². The standard InChI is InChI=1S/C25H27NO3S/c1-25(2,3)29-24(27)26-23(30-22-15-8-5-9-16-22)20-13-10-14-21(17-20)28-18-19-11-6-4-7-12-19/h4-17,23H,18H2,1-3H3,(H,26,27). The van der Waals surface area contributed by atoms with E-state index in [1.807, 2.05) is 106 Å². The van der Waals surface area contributed by atoms with Gasteiger partial charge in [0.2, 0.25) is 0 Å². The number of nitrogens with one attached hydrogen (secondary N) is 1. The van der Waals surface area contributed by atoms with E-state index < -0.39 is 11.7 Å². The van der Waals surface area contributed by atoms with Gasteiger partial charge in [0.15, 0.2) is 0 Å². The van der Waals surface area contributed by atoms with Crippen molar-refractivity contribution in [2.75, 3.05) is 0 Å². The van der Waals surface area contributed by atoms with Gasteiger partial charge in [0.1, 0.15) is 23.3 Å². The molecule has 0 saturated heterocycles. The molecule has 1 amide bonds. The molecule has 0 heterocycles. The fourth-order valence-corrected chi connectivity index (χ4v) is 3.76. The first kappa shape index (κ1) is 21.8. The summed E-state index contributed by atoms with van der Waals surface area (Å²) >= 11 is 1.55. The summed E-state index contributed by atoms with van der Waals surface area (Å²) < 4.78 is 11.4. The molecule has 156 valence electrons. The summed E-state index contributed by atoms with van der Waals surface area (Å²) in [6.45, 7) is 6.04. The fourth-order valence-electron chi connectivity index (χ4n) is 2.74. The van der Waals surface area contributed by atoms with Crippen LogP contribution >= 0.6 is 11.8 Å². The van der Waals surface area contributed by atoms with E-state index in [4.69, 9.17) is 9.47 Å². The highest BCUT2D eigenvalue weighted by atomic mass is 32.2. The van der Waals surface area contributed by atoms with Gasteiger partial charge < -0.3 is 14.8 Å². The topological polar surface area (TPSA) is 47.6 Å². The molecular formula is C25H27NO3S. The second-order valence-electron chi connectivity index (χ2n) is 7.80. The lowest BCUT2D eigenvalue weighted by Crippen LogP contribution is -2.34. The first-order valence-electron chi connectivity index (χ1n) is 9.87. The molecule has 0 aliphatic rings. The zero-order valence-corrected chi connectivity index (χ0v) is 18.3. The van der Waals surface area contributed by atoms with Crippen LogP contribution in [-0.4, -0.2) is 11.7 Å². The zero-order valence-electron chi connectivity index (χ0n) is 17.5. The predicted octanol–water partition coefficient (Wildman–Crippen LogP) is 6.58. The van der Waals surface area contributed by atoms with Crippen LogP contribution in [0.3, 0.4) is 0 Å². The number of benzene rings is 3. The van der Waals surface area contributed by atoms with Crippen LogP contribution in [0.5, 0.6) is 5.75 Å². The molecule has 3 rings (SSSR count). The Morgan fingerprint density at radius 1 is 0.933 bits per heavy atom. The molecule has 30 heavy (non-hydrogen) atoms. The summed E-state index contributed by atoms with van der Waals surface area (Å²) in [5, 5.41) is 2.67. The maximum absolute atomic E-state index is 12.5. The van der Waals surface area contributed by atoms with Gasteiger partial charge in [-0.1, -0.05) is 72.4 Å². The van der Waals surface area contributed by atoms with Gasteiger partial charge in [-0.2, -0.15) is 0 Å². The SMILES string of the molecule is CC(C)(C)OC(=O)NC(Sc1ccccc1)c1cccc(OCc2ccccc2)c1. The number of ether oxygens (including phenoxy) is 2. The summed E-state index contributed by atoms with van der Waals surface area (Å²) in [6.07, 6.45) is -0.452. The molecule has 0 aliphatic carbocycles. The van der Waals surface area contributed by atoms with Crippen molar-refractivity contribution < 1.29 is 14.3 Å². The molecule has 3 aromatic rings. The van der Waals surface area contributed by atoms with Crippen molar-refractivity contribution >= 4 is 17.9 Å². The number of hydrogen-bond donors (Lipinski definition) is 1. The van der Waals surface area contributed by atoms with Gasteiger partial charge >= 0.3 is 6.09 Å². The average molecular weight is 422 g/mol. The van der Waals surface area contributed by atoms with E-state index in [9.17, 15) is 4.79 Å². The van der Waals surface area contributed by atoms with Gasteiger partial charge in [-0.05, 0) is 56.2 Å². The molecule has 0 aliphatic heterocycles. The number of thioether (sulfide) groups is 1. The second-order valence-corrected chi connectivity index (χ2v) is 8.98. The van der Waals surface area contributed by atoms with Crippen molar-refractivity contribution in [2.45, 2.75) is 43.2 Å². The quantitative estimate of drug-likeness (QED) is 0.346. The highest BCUT2D eigenvalue weighted by Gasteiger charge is 2.21. The number of carbonyl (C=O) groups is 1. The third-order valence-electron chi connectivity index (χ3n) is 4.05. The molecule has 0 aromatic heterocycles. The van der Waals surface area contributed by atoms with Crippen LogP contribution in [0, 0.1) is 0 Å². The molecule has 3 aromatic carbocycles. The van der Waals surface area contributed by atoms with Crippen LogP contribution in [0.1, 0.15) is 37.3 Å². The fraction of sp³-hybridized carbons (Fsp3) is 0.240. The third kappa shape index (κ3) is 7.16. The summed E-state index contributed by atoms with van der Waals surface area (Å²) in [5.74, 6) is 0.751. The van der Waals surface area contributed by atoms with Crippen LogP contribution in [0.15, 0.2) is 89.8 Å². The Morgan fingerprint density at radius 2 is 1.60 bits per heavy atom. The van der Waals surface area contributed by atoms with Crippen molar-refractivity contribution in [2.24, 2.45) is 0 Å². The molecular weight excluding hydrogens is 394 g/mol. The van der Waals surface area contributed by atoms with Gasteiger partial charge in [0.25, 0.3) is 0 Å². The molecule has 0 saturated carbocycles. The van der Waals surface area contributed by atoms with E-state index in [1.54, 1.807) is 11.8 Å². The lowest BCUT2D eigenvalue weighted by Gasteiger charge is -2.24. The van der Waals surface area contributed by atoms with Crippen molar-refractivity contribution in [3.63, 3.8) is 0 Å². The van der Waals surface area contributed by atoms with Crippen molar-refractivity contribution in [1.82, 2.24) is 5.32 Å². The highest BCUT2D eigenvalue weighted by molar-refractivity contribution is 7.99. The van der Waals surface area contributed by atoms with Crippen LogP contribution in [-0.2, 0) is 11.3 Å². The van der Waals surface area contributed by atoms with Gasteiger partial charge in [-0.25, -0.2) is 4.79 Å². The lowest BCUT2D eigenvalue weighted by molar-refractivity contribution is 0.0521. The number of hydrogen-bond acceptors (Lipinski definition) is 4. The Morgan fingerprint density at radius 3 is 2.27 bits per heavy atom. The number of carbonyl (C=O) groups excluding carboxylic acids is 1. The average Bonchev–Trinajstić information content (AvgIpc) is 2.72. The lowest BCUT2D eigenvalue weighted by atomic mass is 10.2. The molecule has 1 N–H and O–H groups in total. The minimum atomic E-state index is -0.563. The maximum atomic E-state index is 12.5. The second kappa shape index (κ2) is 10.2. The zero-order chi connectivity index (χ0) is 21.4. The molecule has 4 nitrogen and oxygen atoms in total. The third-order valence-corrected chi connectivity index (χ3v) is 5.22. The van der Waals surface area contributed by atoms with Crippen LogP contribution in [0.2, 0.25) is 0 Å². The molecule has 0 radical (unpaired) electrons. The maximum Gasteiger partial charge on any atom is 0.408 e. The van der Waals surface area contributed by atoms with Gasteiger partial charge in [-0.15, -0.1) is 0 Å². The largest absolute Gasteiger partial charge is 0.489 e. The predicted molar refractivity (Wildman–Crippen MR) is 122 cm³/mol. The van der Waals surface area contributed by atoms with Crippen molar-refractivity contribution in [3.8, 4) is 5.75 Å². The highest BCUT2D eigenvalue weighted by Crippen LogP contribution is 2.34. The van der Waals surface area contributed by atoms with E-state index in [0.717, 1.165) is 21.8 Å². The molecule has 0 fully saturated rings. The van der Waals surface area contributed by atoms with Gasteiger partial charge in [-0.3, -0.25) is 0 Å². The van der Waals surface area contributed by atoms with Crippen LogP contribution < -0.4 is 10.1 Å². The molecule has 5 heteroatoms. The van der Waals surface area contributed by atoms with Crippen molar-refractivity contribution in [1.29, 1.82) is 0 Å². The van der Waals surface area contributed by atoms with E-state index >= 15 is 0 Å². The minimum Gasteiger partial charge on any atom is -0.489 e. The first-order valence-corrected chi connectivity index (χ1v) is 10.7. The first-order chi connectivity index (χ1) is 14.4. The molecule has 1 atom stereocenters.